The van der Waals surface area contributed by atoms with Gasteiger partial charge in [0.05, 0.1) is 0 Å². The van der Waals surface area contributed by atoms with Crippen LogP contribution in [0.2, 0.25) is 0 Å². The molecule has 3 heteroatoms. The van der Waals surface area contributed by atoms with Crippen LogP contribution in [0, 0.1) is 6.92 Å². The minimum Gasteiger partial charge on any atom is -0.457 e. The van der Waals surface area contributed by atoms with Crippen molar-refractivity contribution in [3.63, 3.8) is 0 Å². The Morgan fingerprint density at radius 1 is 1.11 bits per heavy atom. The largest absolute Gasteiger partial charge is 0.457 e. The summed E-state index contributed by atoms with van der Waals surface area (Å²) in [6.45, 7) is 2.10. The van der Waals surface area contributed by atoms with Gasteiger partial charge in [0.15, 0.2) is 0 Å². The van der Waals surface area contributed by atoms with Gasteiger partial charge in [0.2, 0.25) is 0 Å². The molecule has 0 aliphatic rings. The first-order valence-electron chi connectivity index (χ1n) is 6.36. The molecule has 19 heavy (non-hydrogen) atoms. The van der Waals surface area contributed by atoms with Crippen LogP contribution in [0.15, 0.2) is 47.4 Å². The topological polar surface area (TPSA) is 9.23 Å². The smallest absolute Gasteiger partial charge is 0.130 e. The van der Waals surface area contributed by atoms with Crippen molar-refractivity contribution in [2.45, 2.75) is 24.7 Å². The molecule has 0 N–H and O–H groups in total. The fourth-order valence-electron chi connectivity index (χ4n) is 1.95. The maximum atomic E-state index is 5.97. The number of ether oxygens (including phenoxy) is 1. The van der Waals surface area contributed by atoms with Crippen LogP contribution < -0.4 is 4.74 Å². The van der Waals surface area contributed by atoms with E-state index in [1.54, 1.807) is 0 Å². The molecule has 0 spiro atoms. The Balaban J connectivity index is 2.23. The van der Waals surface area contributed by atoms with Crippen molar-refractivity contribution in [3.8, 4) is 11.5 Å². The first-order chi connectivity index (χ1) is 9.19. The summed E-state index contributed by atoms with van der Waals surface area (Å²) in [5.41, 5.74) is 2.49. The van der Waals surface area contributed by atoms with E-state index in [1.165, 1.54) is 11.1 Å². The molecular formula is C16H18OS2. The lowest BCUT2D eigenvalue weighted by Crippen LogP contribution is -1.94. The lowest BCUT2D eigenvalue weighted by atomic mass is 10.1. The zero-order valence-corrected chi connectivity index (χ0v) is 12.8. The van der Waals surface area contributed by atoms with Crippen LogP contribution >= 0.6 is 25.3 Å². The number of aryl methyl sites for hydroxylation is 2. The van der Waals surface area contributed by atoms with E-state index in [0.717, 1.165) is 35.0 Å². The lowest BCUT2D eigenvalue weighted by Gasteiger charge is -2.12. The van der Waals surface area contributed by atoms with E-state index in [-0.39, 0.29) is 0 Å². The zero-order valence-electron chi connectivity index (χ0n) is 11.0. The molecule has 0 heterocycles. The summed E-state index contributed by atoms with van der Waals surface area (Å²) in [7, 11) is 0. The predicted molar refractivity (Wildman–Crippen MR) is 87.1 cm³/mol. The van der Waals surface area contributed by atoms with Gasteiger partial charge in [-0.1, -0.05) is 23.8 Å². The molecule has 1 nitrogen and oxygen atoms in total. The Hall–Kier alpha value is -1.06. The van der Waals surface area contributed by atoms with Crippen molar-refractivity contribution in [1.82, 2.24) is 0 Å². The molecule has 0 aliphatic carbocycles. The molecule has 2 rings (SSSR count). The first kappa shape index (κ1) is 14.4. The number of thiol groups is 2. The summed E-state index contributed by atoms with van der Waals surface area (Å²) in [6.07, 6.45) is 2.04. The molecule has 0 atom stereocenters. The molecule has 0 bridgehead atoms. The first-order valence-corrected chi connectivity index (χ1v) is 7.44. The van der Waals surface area contributed by atoms with Crippen molar-refractivity contribution in [3.05, 3.63) is 53.6 Å². The van der Waals surface area contributed by atoms with Crippen LogP contribution in [0.4, 0.5) is 0 Å². The molecule has 2 aromatic rings. The van der Waals surface area contributed by atoms with Crippen LogP contribution in [-0.4, -0.2) is 5.75 Å². The quantitative estimate of drug-likeness (QED) is 0.742. The molecule has 100 valence electrons. The Bertz CT molecular complexity index is 552. The van der Waals surface area contributed by atoms with Crippen molar-refractivity contribution in [2.24, 2.45) is 0 Å². The minimum absolute atomic E-state index is 0.823. The van der Waals surface area contributed by atoms with Crippen LogP contribution in [0.5, 0.6) is 11.5 Å². The third kappa shape index (κ3) is 4.22. The Labute approximate surface area is 125 Å². The molecule has 2 aromatic carbocycles. The summed E-state index contributed by atoms with van der Waals surface area (Å²) in [5, 5.41) is 0. The van der Waals surface area contributed by atoms with E-state index < -0.39 is 0 Å². The molecule has 0 unspecified atom stereocenters. The minimum atomic E-state index is 0.823. The second-order valence-electron chi connectivity index (χ2n) is 4.54. The van der Waals surface area contributed by atoms with Crippen LogP contribution in [0.25, 0.3) is 0 Å². The zero-order chi connectivity index (χ0) is 13.7. The van der Waals surface area contributed by atoms with E-state index in [9.17, 15) is 0 Å². The molecule has 0 amide bonds. The average molecular weight is 290 g/mol. The van der Waals surface area contributed by atoms with E-state index in [1.807, 2.05) is 30.3 Å². The van der Waals surface area contributed by atoms with Gasteiger partial charge < -0.3 is 4.74 Å². The number of hydrogen-bond acceptors (Lipinski definition) is 3. The van der Waals surface area contributed by atoms with Gasteiger partial charge >= 0.3 is 0 Å². The van der Waals surface area contributed by atoms with Crippen molar-refractivity contribution in [2.75, 3.05) is 5.75 Å². The number of benzene rings is 2. The maximum Gasteiger partial charge on any atom is 0.130 e. The summed E-state index contributed by atoms with van der Waals surface area (Å²) in [5.74, 6) is 2.63. The highest BCUT2D eigenvalue weighted by atomic mass is 32.1. The standard InChI is InChI=1S/C16H18OS2/c1-12-7-8-16(13(10-12)4-3-9-18)17-14-5-2-6-15(19)11-14/h2,5-8,10-11,18-19H,3-4,9H2,1H3. The van der Waals surface area contributed by atoms with E-state index >= 15 is 0 Å². The van der Waals surface area contributed by atoms with Crippen LogP contribution in [0.1, 0.15) is 17.5 Å². The monoisotopic (exact) mass is 290 g/mol. The Morgan fingerprint density at radius 2 is 1.95 bits per heavy atom. The van der Waals surface area contributed by atoms with Gasteiger partial charge in [-0.25, -0.2) is 0 Å². The normalized spacial score (nSPS) is 10.5. The van der Waals surface area contributed by atoms with E-state index in [2.05, 4.69) is 44.3 Å². The number of rotatable bonds is 5. The summed E-state index contributed by atoms with van der Waals surface area (Å²) in [4.78, 5) is 0.904. The Morgan fingerprint density at radius 3 is 2.68 bits per heavy atom. The Kier molecular flexibility index (Phi) is 5.23. The second-order valence-corrected chi connectivity index (χ2v) is 5.50. The third-order valence-corrected chi connectivity index (χ3v) is 3.46. The van der Waals surface area contributed by atoms with Crippen LogP contribution in [-0.2, 0) is 6.42 Å². The summed E-state index contributed by atoms with van der Waals surface area (Å²) >= 11 is 8.60. The highest BCUT2D eigenvalue weighted by Crippen LogP contribution is 2.28. The maximum absolute atomic E-state index is 5.97. The number of hydrogen-bond donors (Lipinski definition) is 2. The second kappa shape index (κ2) is 6.92. The third-order valence-electron chi connectivity index (χ3n) is 2.87. The highest BCUT2D eigenvalue weighted by Gasteiger charge is 2.05. The van der Waals surface area contributed by atoms with Gasteiger partial charge in [-0.3, -0.25) is 0 Å². The van der Waals surface area contributed by atoms with Gasteiger partial charge in [-0.15, -0.1) is 12.6 Å². The molecule has 0 radical (unpaired) electrons. The van der Waals surface area contributed by atoms with E-state index in [0.29, 0.717) is 0 Å². The lowest BCUT2D eigenvalue weighted by molar-refractivity contribution is 0.474. The van der Waals surface area contributed by atoms with Gasteiger partial charge in [-0.05, 0) is 55.3 Å². The van der Waals surface area contributed by atoms with Gasteiger partial charge in [0, 0.05) is 4.90 Å². The van der Waals surface area contributed by atoms with Gasteiger partial charge in [-0.2, -0.15) is 12.6 Å². The molecule has 0 saturated carbocycles. The predicted octanol–water partition coefficient (Wildman–Crippen LogP) is 4.94. The van der Waals surface area contributed by atoms with Crippen molar-refractivity contribution in [1.29, 1.82) is 0 Å². The average Bonchev–Trinajstić information content (AvgIpc) is 2.39. The van der Waals surface area contributed by atoms with Crippen molar-refractivity contribution < 1.29 is 4.74 Å². The van der Waals surface area contributed by atoms with Crippen molar-refractivity contribution >= 4 is 25.3 Å². The molecular weight excluding hydrogens is 272 g/mol. The fraction of sp³-hybridized carbons (Fsp3) is 0.250. The fourth-order valence-corrected chi connectivity index (χ4v) is 2.32. The molecule has 0 aromatic heterocycles. The molecule has 0 saturated heterocycles. The summed E-state index contributed by atoms with van der Waals surface area (Å²) < 4.78 is 5.97. The highest BCUT2D eigenvalue weighted by molar-refractivity contribution is 7.80. The summed E-state index contributed by atoms with van der Waals surface area (Å²) in [6, 6.07) is 14.0. The molecule has 0 aliphatic heterocycles. The van der Waals surface area contributed by atoms with Gasteiger partial charge in [0.1, 0.15) is 11.5 Å². The van der Waals surface area contributed by atoms with E-state index in [4.69, 9.17) is 4.74 Å². The molecule has 0 fully saturated rings. The van der Waals surface area contributed by atoms with Crippen LogP contribution in [0.3, 0.4) is 0 Å². The SMILES string of the molecule is Cc1ccc(Oc2cccc(S)c2)c(CCCS)c1. The van der Waals surface area contributed by atoms with Gasteiger partial charge in [0.25, 0.3) is 0 Å².